The van der Waals surface area contributed by atoms with Gasteiger partial charge in [0.25, 0.3) is 0 Å². The van der Waals surface area contributed by atoms with Crippen molar-refractivity contribution >= 4 is 0 Å². The molecule has 0 unspecified atom stereocenters. The van der Waals surface area contributed by atoms with Crippen molar-refractivity contribution in [2.24, 2.45) is 0 Å². The molecule has 0 fully saturated rings. The topological polar surface area (TPSA) is 22.1 Å². The van der Waals surface area contributed by atoms with Crippen LogP contribution in [0.15, 0.2) is 54.7 Å². The van der Waals surface area contributed by atoms with Crippen LogP contribution in [-0.2, 0) is 6.42 Å². The first kappa shape index (κ1) is 21.0. The molecule has 1 aromatic heterocycles. The van der Waals surface area contributed by atoms with Crippen LogP contribution in [0.5, 0.6) is 5.75 Å². The quantitative estimate of drug-likeness (QED) is 0.337. The summed E-state index contributed by atoms with van der Waals surface area (Å²) in [5.41, 5.74) is 3.06. The summed E-state index contributed by atoms with van der Waals surface area (Å²) < 4.78 is 41.3. The number of unbranched alkanes of at least 4 members (excludes halogenated alkanes) is 4. The van der Waals surface area contributed by atoms with E-state index < -0.39 is 6.18 Å². The highest BCUT2D eigenvalue weighted by atomic mass is 19.4. The molecule has 0 amide bonds. The van der Waals surface area contributed by atoms with E-state index >= 15 is 0 Å². The molecule has 0 aliphatic heterocycles. The number of halogens is 3. The predicted molar refractivity (Wildman–Crippen MR) is 103 cm³/mol. The Morgan fingerprint density at radius 2 is 1.70 bits per heavy atom. The van der Waals surface area contributed by atoms with Gasteiger partial charge in [-0.2, -0.15) is 13.2 Å². The van der Waals surface area contributed by atoms with Crippen LogP contribution in [0, 0.1) is 0 Å². The molecule has 1 heterocycles. The van der Waals surface area contributed by atoms with Crippen LogP contribution in [0.1, 0.15) is 44.6 Å². The fourth-order valence-corrected chi connectivity index (χ4v) is 2.72. The highest BCUT2D eigenvalue weighted by molar-refractivity contribution is 5.60. The Balaban J connectivity index is 1.83. The second kappa shape index (κ2) is 10.8. The van der Waals surface area contributed by atoms with Crippen molar-refractivity contribution in [2.75, 3.05) is 6.61 Å². The number of benzene rings is 1. The molecule has 0 spiro atoms. The molecule has 2 nitrogen and oxygen atoms in total. The number of aromatic nitrogens is 1. The highest BCUT2D eigenvalue weighted by Gasteiger charge is 2.21. The molecule has 1 aromatic carbocycles. The van der Waals surface area contributed by atoms with Crippen molar-refractivity contribution in [1.29, 1.82) is 0 Å². The zero-order chi connectivity index (χ0) is 19.5. The van der Waals surface area contributed by atoms with Crippen LogP contribution in [0.3, 0.4) is 0 Å². The van der Waals surface area contributed by atoms with Crippen molar-refractivity contribution in [3.05, 3.63) is 60.3 Å². The molecular weight excluding hydrogens is 351 g/mol. The smallest absolute Gasteiger partial charge is 0.409 e. The maximum atomic E-state index is 12.0. The summed E-state index contributed by atoms with van der Waals surface area (Å²) in [5.74, 6) is 0.522. The minimum absolute atomic E-state index is 0.121. The van der Waals surface area contributed by atoms with Crippen molar-refractivity contribution in [1.82, 2.24) is 4.98 Å². The molecule has 0 saturated heterocycles. The number of nitrogens with zero attached hydrogens (tertiary/aromatic N) is 1. The van der Waals surface area contributed by atoms with E-state index in [-0.39, 0.29) is 12.7 Å². The zero-order valence-corrected chi connectivity index (χ0v) is 15.6. The molecule has 27 heavy (non-hydrogen) atoms. The van der Waals surface area contributed by atoms with Crippen LogP contribution < -0.4 is 4.74 Å². The lowest BCUT2D eigenvalue weighted by molar-refractivity contribution is -0.0801. The Morgan fingerprint density at radius 1 is 0.963 bits per heavy atom. The Labute approximate surface area is 159 Å². The minimum atomic E-state index is -4.31. The predicted octanol–water partition coefficient (Wildman–Crippen LogP) is 6.76. The molecule has 0 bridgehead atoms. The minimum Gasteiger partial charge on any atom is -0.490 e. The Hall–Kier alpha value is -2.30. The van der Waals surface area contributed by atoms with Crippen LogP contribution in [-0.4, -0.2) is 17.8 Å². The van der Waals surface area contributed by atoms with Crippen molar-refractivity contribution in [3.63, 3.8) is 0 Å². The number of rotatable bonds is 10. The number of alkyl halides is 3. The molecule has 0 aliphatic rings. The number of ether oxygens (including phenoxy) is 1. The van der Waals surface area contributed by atoms with E-state index in [1.54, 1.807) is 12.1 Å². The first-order valence-corrected chi connectivity index (χ1v) is 9.40. The fraction of sp³-hybridized carbons (Fsp3) is 0.409. The average molecular weight is 377 g/mol. The van der Waals surface area contributed by atoms with Gasteiger partial charge in [0.1, 0.15) is 12.4 Å². The summed E-state index contributed by atoms with van der Waals surface area (Å²) in [6.45, 7) is 2.09. The van der Waals surface area contributed by atoms with Gasteiger partial charge in [0, 0.05) is 17.8 Å². The lowest BCUT2D eigenvalue weighted by atomic mass is 10.1. The molecule has 0 radical (unpaired) electrons. The molecular formula is C22H26F3NO. The third-order valence-electron chi connectivity index (χ3n) is 4.20. The van der Waals surface area contributed by atoms with Gasteiger partial charge in [-0.25, -0.2) is 0 Å². The lowest BCUT2D eigenvalue weighted by Crippen LogP contribution is -2.02. The Bertz CT molecular complexity index is 691. The standard InChI is InChI=1S/C22H26F3NO/c1-2-3-4-5-6-8-18-9-14-21(26-17-18)19-10-12-20(13-11-19)27-16-7-15-22(23,24)25/h7,9-15,17H,2-6,8,16H2,1H3/b15-7+. The second-order valence-corrected chi connectivity index (χ2v) is 6.50. The van der Waals surface area contributed by atoms with Crippen molar-refractivity contribution in [3.8, 4) is 17.0 Å². The summed E-state index contributed by atoms with van der Waals surface area (Å²) in [7, 11) is 0. The van der Waals surface area contributed by atoms with Gasteiger partial charge >= 0.3 is 6.18 Å². The molecule has 0 atom stereocenters. The van der Waals surface area contributed by atoms with E-state index in [0.717, 1.165) is 23.8 Å². The normalized spacial score (nSPS) is 11.9. The van der Waals surface area contributed by atoms with Gasteiger partial charge in [-0.1, -0.05) is 38.7 Å². The molecule has 146 valence electrons. The highest BCUT2D eigenvalue weighted by Crippen LogP contribution is 2.22. The van der Waals surface area contributed by atoms with Gasteiger partial charge in [0.05, 0.1) is 5.69 Å². The average Bonchev–Trinajstić information content (AvgIpc) is 2.65. The van der Waals surface area contributed by atoms with Crippen LogP contribution in [0.2, 0.25) is 0 Å². The maximum Gasteiger partial charge on any atom is 0.409 e. The second-order valence-electron chi connectivity index (χ2n) is 6.50. The zero-order valence-electron chi connectivity index (χ0n) is 15.6. The van der Waals surface area contributed by atoms with E-state index in [9.17, 15) is 13.2 Å². The number of aryl methyl sites for hydroxylation is 1. The summed E-state index contributed by atoms with van der Waals surface area (Å²) in [4.78, 5) is 4.52. The van der Waals surface area contributed by atoms with Gasteiger partial charge in [-0.15, -0.1) is 0 Å². The lowest BCUT2D eigenvalue weighted by Gasteiger charge is -2.06. The SMILES string of the molecule is CCCCCCCc1ccc(-c2ccc(OC/C=C/C(F)(F)F)cc2)nc1. The largest absolute Gasteiger partial charge is 0.490 e. The third-order valence-corrected chi connectivity index (χ3v) is 4.20. The van der Waals surface area contributed by atoms with Crippen LogP contribution >= 0.6 is 0 Å². The molecule has 0 saturated carbocycles. The Kier molecular flexibility index (Phi) is 8.37. The maximum absolute atomic E-state index is 12.0. The van der Waals surface area contributed by atoms with Gasteiger partial charge < -0.3 is 4.74 Å². The van der Waals surface area contributed by atoms with Gasteiger partial charge in [-0.3, -0.25) is 4.98 Å². The van der Waals surface area contributed by atoms with E-state index in [1.165, 1.54) is 37.7 Å². The summed E-state index contributed by atoms with van der Waals surface area (Å²) in [6.07, 6.45) is 6.09. The third kappa shape index (κ3) is 8.29. The number of hydrogen-bond acceptors (Lipinski definition) is 2. The van der Waals surface area contributed by atoms with Gasteiger partial charge in [0.2, 0.25) is 0 Å². The number of hydrogen-bond donors (Lipinski definition) is 0. The summed E-state index contributed by atoms with van der Waals surface area (Å²) in [6, 6.07) is 11.3. The van der Waals surface area contributed by atoms with Crippen molar-refractivity contribution < 1.29 is 17.9 Å². The summed E-state index contributed by atoms with van der Waals surface area (Å²) in [5, 5.41) is 0. The monoisotopic (exact) mass is 377 g/mol. The molecule has 0 aliphatic carbocycles. The van der Waals surface area contributed by atoms with Crippen LogP contribution in [0.4, 0.5) is 13.2 Å². The van der Waals surface area contributed by atoms with E-state index in [1.807, 2.05) is 24.4 Å². The number of pyridine rings is 1. The molecule has 2 rings (SSSR count). The van der Waals surface area contributed by atoms with E-state index in [4.69, 9.17) is 4.74 Å². The van der Waals surface area contributed by atoms with E-state index in [0.29, 0.717) is 5.75 Å². The molecule has 5 heteroatoms. The first-order valence-electron chi connectivity index (χ1n) is 9.40. The first-order chi connectivity index (χ1) is 13.0. The molecule has 0 N–H and O–H groups in total. The van der Waals surface area contributed by atoms with E-state index in [2.05, 4.69) is 18.0 Å². The fourth-order valence-electron chi connectivity index (χ4n) is 2.72. The summed E-state index contributed by atoms with van der Waals surface area (Å²) >= 11 is 0. The van der Waals surface area contributed by atoms with Crippen LogP contribution in [0.25, 0.3) is 11.3 Å². The Morgan fingerprint density at radius 3 is 2.33 bits per heavy atom. The molecule has 2 aromatic rings. The number of allylic oxidation sites excluding steroid dienone is 1. The van der Waals surface area contributed by atoms with Gasteiger partial charge in [0.15, 0.2) is 0 Å². The van der Waals surface area contributed by atoms with Crippen molar-refractivity contribution in [2.45, 2.75) is 51.6 Å². The van der Waals surface area contributed by atoms with Gasteiger partial charge in [-0.05, 0) is 54.8 Å².